The number of carbonyl (C=O) groups is 1. The number of phenols is 1. The molecule has 9 heteroatoms. The van der Waals surface area contributed by atoms with Crippen molar-refractivity contribution in [2.24, 2.45) is 0 Å². The van der Waals surface area contributed by atoms with Crippen molar-refractivity contribution in [2.75, 3.05) is 26.2 Å². The molecule has 3 heterocycles. The van der Waals surface area contributed by atoms with E-state index in [9.17, 15) is 9.90 Å². The predicted octanol–water partition coefficient (Wildman–Crippen LogP) is 6.57. The number of hydrogen-bond acceptors (Lipinski definition) is 7. The van der Waals surface area contributed by atoms with E-state index in [1.807, 2.05) is 78.9 Å². The predicted molar refractivity (Wildman–Crippen MR) is 175 cm³/mol. The Morgan fingerprint density at radius 2 is 1.73 bits per heavy atom. The Kier molecular flexibility index (Phi) is 9.85. The lowest BCUT2D eigenvalue weighted by atomic mass is 10.0. The molecule has 8 nitrogen and oxygen atoms in total. The number of phenolic OH excluding ortho intramolecular Hbond substituents is 1. The van der Waals surface area contributed by atoms with Gasteiger partial charge in [-0.05, 0) is 78.4 Å². The van der Waals surface area contributed by atoms with Crippen molar-refractivity contribution in [3.8, 4) is 11.5 Å². The van der Waals surface area contributed by atoms with Gasteiger partial charge < -0.3 is 24.8 Å². The van der Waals surface area contributed by atoms with Gasteiger partial charge in [0.1, 0.15) is 24.2 Å². The van der Waals surface area contributed by atoms with Gasteiger partial charge in [-0.1, -0.05) is 48.0 Å². The highest BCUT2D eigenvalue weighted by molar-refractivity contribution is 6.30. The number of piperidine rings is 1. The van der Waals surface area contributed by atoms with Crippen LogP contribution in [0.4, 0.5) is 0 Å². The standard InChI is InChI=1S/C36H35ClN4O4/c37-27-12-10-25(11-13-27)35(32-8-2-4-17-39-32)45-29-14-19-41(20-15-29)21-18-40-36(43)31-22-26-6-5-9-34(30(26)23-33(31)42)44-24-28-7-1-3-16-38-28/h1-13,16-17,22-23,29,35,42H,14-15,18-21,24H2,(H,40,43). The molecule has 2 N–H and O–H groups in total. The highest BCUT2D eigenvalue weighted by Gasteiger charge is 2.25. The molecule has 1 atom stereocenters. The van der Waals surface area contributed by atoms with Crippen molar-refractivity contribution in [1.82, 2.24) is 20.2 Å². The minimum absolute atomic E-state index is 0.0880. The first-order valence-corrected chi connectivity index (χ1v) is 15.5. The third-order valence-electron chi connectivity index (χ3n) is 8.01. The SMILES string of the molecule is O=C(NCCN1CCC(OC(c2ccc(Cl)cc2)c2ccccn2)CC1)c1cc2cccc(OCc3ccccn3)c2cc1O. The Labute approximate surface area is 267 Å². The number of nitrogens with zero attached hydrogens (tertiary/aromatic N) is 3. The third kappa shape index (κ3) is 7.78. The van der Waals surface area contributed by atoms with Crippen LogP contribution in [0.25, 0.3) is 10.8 Å². The number of halogens is 1. The molecule has 45 heavy (non-hydrogen) atoms. The van der Waals surface area contributed by atoms with Crippen molar-refractivity contribution in [3.05, 3.63) is 131 Å². The quantitative estimate of drug-likeness (QED) is 0.172. The lowest BCUT2D eigenvalue weighted by Crippen LogP contribution is -2.41. The Hall–Kier alpha value is -4.50. The van der Waals surface area contributed by atoms with E-state index in [0.29, 0.717) is 30.5 Å². The molecule has 1 aliphatic heterocycles. The summed E-state index contributed by atoms with van der Waals surface area (Å²) < 4.78 is 12.6. The fourth-order valence-electron chi connectivity index (χ4n) is 5.60. The first-order chi connectivity index (χ1) is 22.0. The van der Waals surface area contributed by atoms with Crippen LogP contribution in [0.3, 0.4) is 0 Å². The summed E-state index contributed by atoms with van der Waals surface area (Å²) in [6.45, 7) is 3.20. The molecule has 0 spiro atoms. The molecular weight excluding hydrogens is 588 g/mol. The van der Waals surface area contributed by atoms with Gasteiger partial charge in [0.2, 0.25) is 0 Å². The molecule has 0 saturated carbocycles. The fourth-order valence-corrected chi connectivity index (χ4v) is 5.73. The molecule has 230 valence electrons. The van der Waals surface area contributed by atoms with Crippen LogP contribution in [0.5, 0.6) is 11.5 Å². The average Bonchev–Trinajstić information content (AvgIpc) is 3.08. The number of nitrogens with one attached hydrogen (secondary N) is 1. The van der Waals surface area contributed by atoms with Crippen molar-refractivity contribution in [3.63, 3.8) is 0 Å². The summed E-state index contributed by atoms with van der Waals surface area (Å²) in [7, 11) is 0. The van der Waals surface area contributed by atoms with E-state index in [-0.39, 0.29) is 29.4 Å². The molecule has 2 aromatic heterocycles. The molecule has 0 aliphatic carbocycles. The number of aromatic hydroxyl groups is 1. The van der Waals surface area contributed by atoms with E-state index in [1.54, 1.807) is 24.5 Å². The second-order valence-electron chi connectivity index (χ2n) is 11.1. The molecule has 0 radical (unpaired) electrons. The summed E-state index contributed by atoms with van der Waals surface area (Å²) >= 11 is 6.12. The fraction of sp³-hybridized carbons (Fsp3) is 0.250. The van der Waals surface area contributed by atoms with Crippen LogP contribution in [-0.2, 0) is 11.3 Å². The number of carbonyl (C=O) groups excluding carboxylic acids is 1. The molecule has 5 aromatic rings. The molecule has 3 aromatic carbocycles. The highest BCUT2D eigenvalue weighted by atomic mass is 35.5. The maximum absolute atomic E-state index is 13.0. The van der Waals surface area contributed by atoms with Crippen LogP contribution in [0.1, 0.15) is 46.3 Å². The minimum atomic E-state index is -0.311. The Morgan fingerprint density at radius 3 is 2.47 bits per heavy atom. The molecular formula is C36H35ClN4O4. The third-order valence-corrected chi connectivity index (χ3v) is 8.26. The lowest BCUT2D eigenvalue weighted by molar-refractivity contribution is -0.0282. The minimum Gasteiger partial charge on any atom is -0.507 e. The second kappa shape index (κ2) is 14.5. The Balaban J connectivity index is 1.01. The smallest absolute Gasteiger partial charge is 0.255 e. The second-order valence-corrected chi connectivity index (χ2v) is 11.5. The van der Waals surface area contributed by atoms with Crippen molar-refractivity contribution in [2.45, 2.75) is 31.7 Å². The Morgan fingerprint density at radius 1 is 0.956 bits per heavy atom. The number of aromatic nitrogens is 2. The molecule has 1 amide bonds. The van der Waals surface area contributed by atoms with Gasteiger partial charge >= 0.3 is 0 Å². The number of benzene rings is 3. The number of amides is 1. The van der Waals surface area contributed by atoms with Crippen LogP contribution >= 0.6 is 11.6 Å². The van der Waals surface area contributed by atoms with Crippen LogP contribution in [0.15, 0.2) is 103 Å². The molecule has 1 saturated heterocycles. The van der Waals surface area contributed by atoms with E-state index in [2.05, 4.69) is 20.2 Å². The van der Waals surface area contributed by atoms with Gasteiger partial charge in [0.15, 0.2) is 0 Å². The number of hydrogen-bond donors (Lipinski definition) is 2. The number of likely N-dealkylation sites (tertiary alicyclic amines) is 1. The summed E-state index contributed by atoms with van der Waals surface area (Å²) in [6, 6.07) is 28.2. The summed E-state index contributed by atoms with van der Waals surface area (Å²) in [5, 5.41) is 15.9. The lowest BCUT2D eigenvalue weighted by Gasteiger charge is -2.34. The van der Waals surface area contributed by atoms with Crippen LogP contribution in [0, 0.1) is 0 Å². The normalized spacial score (nSPS) is 14.7. The zero-order chi connectivity index (χ0) is 31.0. The van der Waals surface area contributed by atoms with Gasteiger partial charge in [-0.2, -0.15) is 0 Å². The number of rotatable bonds is 11. The maximum Gasteiger partial charge on any atom is 0.255 e. The van der Waals surface area contributed by atoms with E-state index < -0.39 is 0 Å². The summed E-state index contributed by atoms with van der Waals surface area (Å²) in [5.41, 5.74) is 2.93. The van der Waals surface area contributed by atoms with E-state index in [1.165, 1.54) is 0 Å². The first-order valence-electron chi connectivity index (χ1n) is 15.1. The van der Waals surface area contributed by atoms with Gasteiger partial charge in [0.05, 0.1) is 23.1 Å². The highest BCUT2D eigenvalue weighted by Crippen LogP contribution is 2.32. The monoisotopic (exact) mass is 622 g/mol. The van der Waals surface area contributed by atoms with Crippen LogP contribution < -0.4 is 10.1 Å². The maximum atomic E-state index is 13.0. The van der Waals surface area contributed by atoms with Crippen molar-refractivity contribution in [1.29, 1.82) is 0 Å². The summed E-state index contributed by atoms with van der Waals surface area (Å²) in [5.74, 6) is 0.218. The van der Waals surface area contributed by atoms with Crippen LogP contribution in [-0.4, -0.2) is 58.2 Å². The summed E-state index contributed by atoms with van der Waals surface area (Å²) in [6.07, 6.45) is 5.08. The van der Waals surface area contributed by atoms with Crippen molar-refractivity contribution >= 4 is 28.3 Å². The van der Waals surface area contributed by atoms with Crippen molar-refractivity contribution < 1.29 is 19.4 Å². The number of fused-ring (bicyclic) bond motifs is 1. The zero-order valence-corrected chi connectivity index (χ0v) is 25.6. The van der Waals surface area contributed by atoms with E-state index in [4.69, 9.17) is 21.1 Å². The van der Waals surface area contributed by atoms with E-state index >= 15 is 0 Å². The molecule has 6 rings (SSSR count). The van der Waals surface area contributed by atoms with Gasteiger partial charge in [-0.25, -0.2) is 0 Å². The van der Waals surface area contributed by atoms with Gasteiger partial charge in [-0.15, -0.1) is 0 Å². The molecule has 0 bridgehead atoms. The number of pyridine rings is 2. The van der Waals surface area contributed by atoms with Gasteiger partial charge in [-0.3, -0.25) is 14.8 Å². The largest absolute Gasteiger partial charge is 0.507 e. The number of ether oxygens (including phenoxy) is 2. The average molecular weight is 623 g/mol. The zero-order valence-electron chi connectivity index (χ0n) is 24.8. The summed E-state index contributed by atoms with van der Waals surface area (Å²) in [4.78, 5) is 24.2. The molecule has 1 aliphatic rings. The molecule has 1 fully saturated rings. The van der Waals surface area contributed by atoms with Gasteiger partial charge in [0, 0.05) is 49.0 Å². The van der Waals surface area contributed by atoms with Gasteiger partial charge in [0.25, 0.3) is 5.91 Å². The van der Waals surface area contributed by atoms with E-state index in [0.717, 1.165) is 53.7 Å². The topological polar surface area (TPSA) is 96.8 Å². The Bertz CT molecular complexity index is 1710. The first kappa shape index (κ1) is 30.5. The van der Waals surface area contributed by atoms with Crippen LogP contribution in [0.2, 0.25) is 5.02 Å². The molecule has 1 unspecified atom stereocenters.